The summed E-state index contributed by atoms with van der Waals surface area (Å²) in [5, 5.41) is 31.9. The fourth-order valence-electron chi connectivity index (χ4n) is 2.06. The topological polar surface area (TPSA) is 108 Å². The molecule has 0 aliphatic carbocycles. The minimum absolute atomic E-state index is 0.104. The highest BCUT2D eigenvalue weighted by molar-refractivity contribution is 5.77. The summed E-state index contributed by atoms with van der Waals surface area (Å²) in [6.45, 7) is 4.69. The first-order chi connectivity index (χ1) is 8.65. The maximum atomic E-state index is 11.7. The molecular weight excluding hydrogens is 254 g/mol. The minimum Gasteiger partial charge on any atom is -0.390 e. The highest BCUT2D eigenvalue weighted by Gasteiger charge is 2.43. The molecule has 5 atom stereocenters. The number of rotatable bonds is 4. The zero-order chi connectivity index (χ0) is 14.8. The van der Waals surface area contributed by atoms with Crippen LogP contribution in [0.2, 0.25) is 0 Å². The van der Waals surface area contributed by atoms with E-state index in [4.69, 9.17) is 9.47 Å². The van der Waals surface area contributed by atoms with E-state index in [1.165, 1.54) is 21.0 Å². The third kappa shape index (κ3) is 4.39. The zero-order valence-corrected chi connectivity index (χ0v) is 11.7. The van der Waals surface area contributed by atoms with Gasteiger partial charge in [0.2, 0.25) is 5.91 Å². The quantitative estimate of drug-likeness (QED) is 0.511. The van der Waals surface area contributed by atoms with Crippen LogP contribution in [0.3, 0.4) is 0 Å². The predicted molar refractivity (Wildman–Crippen MR) is 66.2 cm³/mol. The lowest BCUT2D eigenvalue weighted by atomic mass is 9.96. The normalized spacial score (nSPS) is 36.1. The van der Waals surface area contributed by atoms with Crippen molar-refractivity contribution in [3.8, 4) is 0 Å². The number of carbonyl (C=O) groups excluding carboxylic acids is 1. The van der Waals surface area contributed by atoms with Crippen molar-refractivity contribution < 1.29 is 29.6 Å². The lowest BCUT2D eigenvalue weighted by molar-refractivity contribution is -0.263. The molecule has 1 rings (SSSR count). The van der Waals surface area contributed by atoms with Gasteiger partial charge in [-0.3, -0.25) is 4.79 Å². The first-order valence-electron chi connectivity index (χ1n) is 6.22. The largest absolute Gasteiger partial charge is 0.390 e. The molecule has 0 aromatic heterocycles. The molecule has 1 aliphatic rings. The molecule has 1 aliphatic heterocycles. The van der Waals surface area contributed by atoms with Crippen LogP contribution in [0.5, 0.6) is 0 Å². The number of nitrogens with one attached hydrogen (secondary N) is 1. The lowest BCUT2D eigenvalue weighted by Gasteiger charge is -2.41. The zero-order valence-electron chi connectivity index (χ0n) is 11.7. The van der Waals surface area contributed by atoms with Crippen LogP contribution in [-0.4, -0.2) is 64.6 Å². The van der Waals surface area contributed by atoms with E-state index < -0.39 is 42.2 Å². The van der Waals surface area contributed by atoms with E-state index in [1.807, 2.05) is 0 Å². The van der Waals surface area contributed by atoms with Crippen LogP contribution < -0.4 is 5.32 Å². The van der Waals surface area contributed by atoms with Gasteiger partial charge in [-0.2, -0.15) is 0 Å². The van der Waals surface area contributed by atoms with E-state index in [-0.39, 0.29) is 6.42 Å². The summed E-state index contributed by atoms with van der Waals surface area (Å²) in [6, 6.07) is -0.753. The van der Waals surface area contributed by atoms with Crippen LogP contribution in [0.25, 0.3) is 0 Å². The van der Waals surface area contributed by atoms with E-state index in [1.54, 1.807) is 6.92 Å². The van der Waals surface area contributed by atoms with Crippen LogP contribution in [0.4, 0.5) is 0 Å². The smallest absolute Gasteiger partial charge is 0.223 e. The van der Waals surface area contributed by atoms with E-state index in [0.717, 1.165) is 0 Å². The van der Waals surface area contributed by atoms with Crippen molar-refractivity contribution in [3.63, 3.8) is 0 Å². The Morgan fingerprint density at radius 2 is 1.95 bits per heavy atom. The summed E-state index contributed by atoms with van der Waals surface area (Å²) < 4.78 is 10.2. The predicted octanol–water partition coefficient (Wildman–Crippen LogP) is -1.25. The molecular formula is C12H23NO6. The molecule has 0 bridgehead atoms. The van der Waals surface area contributed by atoms with Crippen molar-refractivity contribution in [3.05, 3.63) is 0 Å². The van der Waals surface area contributed by atoms with Crippen molar-refractivity contribution >= 4 is 5.91 Å². The molecule has 1 saturated heterocycles. The molecule has 19 heavy (non-hydrogen) atoms. The molecule has 1 amide bonds. The number of aliphatic hydroxyl groups excluding tert-OH is 2. The molecule has 4 N–H and O–H groups in total. The Kier molecular flexibility index (Phi) is 5.28. The monoisotopic (exact) mass is 277 g/mol. The van der Waals surface area contributed by atoms with Crippen molar-refractivity contribution in [2.75, 3.05) is 7.11 Å². The average molecular weight is 277 g/mol. The number of hydrogen-bond donors (Lipinski definition) is 4. The van der Waals surface area contributed by atoms with Gasteiger partial charge in [0, 0.05) is 7.11 Å². The van der Waals surface area contributed by atoms with Crippen LogP contribution >= 0.6 is 0 Å². The van der Waals surface area contributed by atoms with E-state index in [2.05, 4.69) is 5.32 Å². The highest BCUT2D eigenvalue weighted by Crippen LogP contribution is 2.21. The third-order valence-electron chi connectivity index (χ3n) is 3.00. The molecule has 112 valence electrons. The Morgan fingerprint density at radius 3 is 2.42 bits per heavy atom. The Balaban J connectivity index is 2.65. The first-order valence-corrected chi connectivity index (χ1v) is 6.22. The van der Waals surface area contributed by atoms with Gasteiger partial charge in [0.1, 0.15) is 12.2 Å². The van der Waals surface area contributed by atoms with E-state index >= 15 is 0 Å². The van der Waals surface area contributed by atoms with Gasteiger partial charge in [0.15, 0.2) is 6.29 Å². The second-order valence-electron chi connectivity index (χ2n) is 5.51. The number of hydrogen-bond acceptors (Lipinski definition) is 6. The van der Waals surface area contributed by atoms with Crippen molar-refractivity contribution in [1.82, 2.24) is 5.32 Å². The maximum Gasteiger partial charge on any atom is 0.223 e. The number of ether oxygens (including phenoxy) is 2. The van der Waals surface area contributed by atoms with Gasteiger partial charge in [0.25, 0.3) is 0 Å². The molecule has 1 fully saturated rings. The summed E-state index contributed by atoms with van der Waals surface area (Å²) in [4.78, 5) is 11.7. The number of methoxy groups -OCH3 is 1. The summed E-state index contributed by atoms with van der Waals surface area (Å²) in [5.74, 6) is -0.421. The van der Waals surface area contributed by atoms with Crippen LogP contribution in [0, 0.1) is 0 Å². The second kappa shape index (κ2) is 6.15. The minimum atomic E-state index is -1.24. The average Bonchev–Trinajstić information content (AvgIpc) is 2.27. The molecule has 0 saturated carbocycles. The Labute approximate surface area is 112 Å². The van der Waals surface area contributed by atoms with E-state index in [0.29, 0.717) is 0 Å². The second-order valence-corrected chi connectivity index (χ2v) is 5.51. The first kappa shape index (κ1) is 16.3. The van der Waals surface area contributed by atoms with Crippen LogP contribution in [0.1, 0.15) is 27.2 Å². The Morgan fingerprint density at radius 1 is 1.37 bits per heavy atom. The summed E-state index contributed by atoms with van der Waals surface area (Å²) in [6.07, 6.45) is -3.98. The molecule has 1 heterocycles. The van der Waals surface area contributed by atoms with Gasteiger partial charge in [-0.05, 0) is 20.8 Å². The maximum absolute atomic E-state index is 11.7. The van der Waals surface area contributed by atoms with Gasteiger partial charge in [0.05, 0.1) is 24.2 Å². The van der Waals surface area contributed by atoms with Gasteiger partial charge in [-0.25, -0.2) is 0 Å². The van der Waals surface area contributed by atoms with Crippen molar-refractivity contribution in [2.45, 2.75) is 63.4 Å². The number of carbonyl (C=O) groups is 1. The SMILES string of the molecule is COC1O[C@H](C)[C@@H](NC(=O)CC(C)(C)O)[C@H](O)[C@H]1O. The van der Waals surface area contributed by atoms with Crippen molar-refractivity contribution in [2.24, 2.45) is 0 Å². The van der Waals surface area contributed by atoms with Gasteiger partial charge in [-0.15, -0.1) is 0 Å². The van der Waals surface area contributed by atoms with Gasteiger partial charge >= 0.3 is 0 Å². The molecule has 7 heteroatoms. The fourth-order valence-corrected chi connectivity index (χ4v) is 2.06. The molecule has 0 spiro atoms. The molecule has 0 aromatic carbocycles. The summed E-state index contributed by atoms with van der Waals surface area (Å²) >= 11 is 0. The number of amides is 1. The van der Waals surface area contributed by atoms with Crippen molar-refractivity contribution in [1.29, 1.82) is 0 Å². The van der Waals surface area contributed by atoms with Gasteiger partial charge in [-0.1, -0.05) is 0 Å². The standard InChI is InChI=1S/C12H23NO6/c1-6-8(13-7(14)5-12(2,3)17)9(15)10(16)11(18-4)19-6/h6,8-11,15-17H,5H2,1-4H3,(H,13,14)/t6-,8-,9+,10-,11?/m1/s1. The Hall–Kier alpha value is -0.730. The summed E-state index contributed by atoms with van der Waals surface area (Å²) in [5.41, 5.74) is -1.14. The van der Waals surface area contributed by atoms with Gasteiger partial charge < -0.3 is 30.1 Å². The third-order valence-corrected chi connectivity index (χ3v) is 3.00. The summed E-state index contributed by atoms with van der Waals surface area (Å²) in [7, 11) is 1.36. The Bertz CT molecular complexity index is 316. The van der Waals surface area contributed by atoms with E-state index in [9.17, 15) is 20.1 Å². The lowest BCUT2D eigenvalue weighted by Crippen LogP contribution is -2.63. The molecule has 0 aromatic rings. The number of aliphatic hydroxyl groups is 3. The van der Waals surface area contributed by atoms with Crippen LogP contribution in [0.15, 0.2) is 0 Å². The van der Waals surface area contributed by atoms with Crippen LogP contribution in [-0.2, 0) is 14.3 Å². The molecule has 7 nitrogen and oxygen atoms in total. The molecule has 0 radical (unpaired) electrons. The highest BCUT2D eigenvalue weighted by atomic mass is 16.7. The molecule has 1 unspecified atom stereocenters. The fraction of sp³-hybridized carbons (Fsp3) is 0.917.